The third-order valence-electron chi connectivity index (χ3n) is 3.39. The quantitative estimate of drug-likeness (QED) is 0.884. The van der Waals surface area contributed by atoms with Crippen molar-refractivity contribution in [2.45, 2.75) is 17.7 Å². The van der Waals surface area contributed by atoms with Crippen LogP contribution in [0.25, 0.3) is 0 Å². The molecular formula is C13H20N2O3S. The van der Waals surface area contributed by atoms with Crippen molar-refractivity contribution in [1.29, 1.82) is 0 Å². The normalized spacial score (nSPS) is 16.0. The molecule has 1 aromatic carbocycles. The molecule has 0 fully saturated rings. The molecule has 1 heterocycles. The number of fused-ring (bicyclic) bond motifs is 1. The van der Waals surface area contributed by atoms with E-state index in [1.165, 1.54) is 31.1 Å². The van der Waals surface area contributed by atoms with Gasteiger partial charge in [-0.05, 0) is 49.2 Å². The smallest absolute Gasteiger partial charge is 0.246 e. The first-order valence-electron chi connectivity index (χ1n) is 6.30. The number of rotatable bonds is 3. The van der Waals surface area contributed by atoms with Gasteiger partial charge in [-0.15, -0.1) is 0 Å². The van der Waals surface area contributed by atoms with Gasteiger partial charge in [-0.1, -0.05) is 0 Å². The van der Waals surface area contributed by atoms with Crippen LogP contribution in [0.15, 0.2) is 17.0 Å². The van der Waals surface area contributed by atoms with E-state index in [9.17, 15) is 8.42 Å². The number of hydrogen-bond acceptors (Lipinski definition) is 4. The second-order valence-electron chi connectivity index (χ2n) is 4.81. The van der Waals surface area contributed by atoms with Crippen molar-refractivity contribution in [2.75, 3.05) is 34.3 Å². The summed E-state index contributed by atoms with van der Waals surface area (Å²) in [6.07, 6.45) is 1.74. The molecule has 6 heteroatoms. The van der Waals surface area contributed by atoms with Crippen molar-refractivity contribution >= 4 is 10.0 Å². The molecule has 2 rings (SSSR count). The van der Waals surface area contributed by atoms with Crippen LogP contribution in [-0.2, 0) is 22.9 Å². The van der Waals surface area contributed by atoms with Crippen LogP contribution in [0.5, 0.6) is 5.75 Å². The predicted molar refractivity (Wildman–Crippen MR) is 74.1 cm³/mol. The number of methoxy groups -OCH3 is 1. The lowest BCUT2D eigenvalue weighted by molar-refractivity contribution is 0.399. The molecule has 0 bridgehead atoms. The number of nitrogens with zero attached hydrogens (tertiary/aromatic N) is 1. The fourth-order valence-corrected chi connectivity index (χ4v) is 3.32. The monoisotopic (exact) mass is 284 g/mol. The minimum atomic E-state index is -3.48. The first kappa shape index (κ1) is 14.3. The average molecular weight is 284 g/mol. The van der Waals surface area contributed by atoms with Gasteiger partial charge in [0.15, 0.2) is 0 Å². The Labute approximate surface area is 114 Å². The second kappa shape index (κ2) is 5.48. The highest BCUT2D eigenvalue weighted by Gasteiger charge is 2.24. The number of sulfonamides is 1. The molecule has 1 aliphatic rings. The highest BCUT2D eigenvalue weighted by molar-refractivity contribution is 7.89. The van der Waals surface area contributed by atoms with Gasteiger partial charge in [0, 0.05) is 14.1 Å². The summed E-state index contributed by atoms with van der Waals surface area (Å²) in [5.41, 5.74) is 2.26. The molecule has 5 nitrogen and oxygen atoms in total. The minimum absolute atomic E-state index is 0.251. The van der Waals surface area contributed by atoms with Crippen LogP contribution < -0.4 is 10.1 Å². The van der Waals surface area contributed by atoms with Crippen molar-refractivity contribution in [1.82, 2.24) is 9.62 Å². The van der Waals surface area contributed by atoms with E-state index in [0.29, 0.717) is 5.75 Å². The van der Waals surface area contributed by atoms with Gasteiger partial charge in [-0.2, -0.15) is 0 Å². The Morgan fingerprint density at radius 2 is 1.74 bits per heavy atom. The van der Waals surface area contributed by atoms with Crippen LogP contribution in [0.4, 0.5) is 0 Å². The van der Waals surface area contributed by atoms with Crippen LogP contribution >= 0.6 is 0 Å². The van der Waals surface area contributed by atoms with E-state index in [0.717, 1.165) is 31.5 Å². The van der Waals surface area contributed by atoms with Crippen molar-refractivity contribution in [3.8, 4) is 5.75 Å². The first-order valence-corrected chi connectivity index (χ1v) is 7.74. The molecule has 0 aliphatic carbocycles. The molecule has 19 heavy (non-hydrogen) atoms. The van der Waals surface area contributed by atoms with Gasteiger partial charge in [-0.3, -0.25) is 0 Å². The Kier molecular flexibility index (Phi) is 4.13. The number of hydrogen-bond donors (Lipinski definition) is 1. The fraction of sp³-hybridized carbons (Fsp3) is 0.538. The molecule has 0 radical (unpaired) electrons. The molecule has 0 amide bonds. The minimum Gasteiger partial charge on any atom is -0.495 e. The summed E-state index contributed by atoms with van der Waals surface area (Å²) in [4.78, 5) is 0.251. The summed E-state index contributed by atoms with van der Waals surface area (Å²) >= 11 is 0. The lowest BCUT2D eigenvalue weighted by Gasteiger charge is -2.17. The summed E-state index contributed by atoms with van der Waals surface area (Å²) < 4.78 is 31.1. The standard InChI is InChI=1S/C13H20N2O3S/c1-15(2)19(16,17)13-9-11-5-7-14-6-4-10(11)8-12(13)18-3/h8-9,14H,4-7H2,1-3H3. The summed E-state index contributed by atoms with van der Waals surface area (Å²) in [6, 6.07) is 3.62. The van der Waals surface area contributed by atoms with Crippen molar-refractivity contribution in [3.63, 3.8) is 0 Å². The summed E-state index contributed by atoms with van der Waals surface area (Å²) in [5.74, 6) is 0.425. The lowest BCUT2D eigenvalue weighted by Crippen LogP contribution is -2.23. The Bertz CT molecular complexity index is 567. The lowest BCUT2D eigenvalue weighted by atomic mass is 10.0. The topological polar surface area (TPSA) is 58.6 Å². The zero-order valence-corrected chi connectivity index (χ0v) is 12.4. The van der Waals surface area contributed by atoms with E-state index in [-0.39, 0.29) is 4.90 Å². The van der Waals surface area contributed by atoms with Crippen LogP contribution in [0.2, 0.25) is 0 Å². The predicted octanol–water partition coefficient (Wildman–Crippen LogP) is 0.634. The van der Waals surface area contributed by atoms with Gasteiger partial charge in [-0.25, -0.2) is 12.7 Å². The molecule has 1 aliphatic heterocycles. The molecule has 0 unspecified atom stereocenters. The molecule has 106 valence electrons. The Hall–Kier alpha value is -1.11. The van der Waals surface area contributed by atoms with Crippen molar-refractivity contribution < 1.29 is 13.2 Å². The third kappa shape index (κ3) is 2.75. The van der Waals surface area contributed by atoms with Crippen molar-refractivity contribution in [2.24, 2.45) is 0 Å². The van der Waals surface area contributed by atoms with E-state index in [1.54, 1.807) is 6.07 Å². The Morgan fingerprint density at radius 1 is 1.16 bits per heavy atom. The van der Waals surface area contributed by atoms with Gasteiger partial charge in [0.1, 0.15) is 10.6 Å². The molecule has 0 atom stereocenters. The molecule has 0 saturated carbocycles. The SMILES string of the molecule is COc1cc2c(cc1S(=O)(=O)N(C)C)CCNCC2. The Balaban J connectivity index is 2.58. The van der Waals surface area contributed by atoms with E-state index >= 15 is 0 Å². The number of ether oxygens (including phenoxy) is 1. The maximum atomic E-state index is 12.3. The van der Waals surface area contributed by atoms with E-state index < -0.39 is 10.0 Å². The van der Waals surface area contributed by atoms with E-state index in [4.69, 9.17) is 4.74 Å². The highest BCUT2D eigenvalue weighted by atomic mass is 32.2. The van der Waals surface area contributed by atoms with Gasteiger partial charge < -0.3 is 10.1 Å². The zero-order valence-electron chi connectivity index (χ0n) is 11.6. The largest absolute Gasteiger partial charge is 0.495 e. The van der Waals surface area contributed by atoms with Gasteiger partial charge in [0.25, 0.3) is 0 Å². The zero-order chi connectivity index (χ0) is 14.0. The van der Waals surface area contributed by atoms with E-state index in [1.807, 2.05) is 6.07 Å². The second-order valence-corrected chi connectivity index (χ2v) is 6.93. The molecule has 0 saturated heterocycles. The van der Waals surface area contributed by atoms with E-state index in [2.05, 4.69) is 5.32 Å². The van der Waals surface area contributed by atoms with Crippen LogP contribution in [0.1, 0.15) is 11.1 Å². The summed E-state index contributed by atoms with van der Waals surface area (Å²) in [5, 5.41) is 3.31. The average Bonchev–Trinajstić information content (AvgIpc) is 2.61. The van der Waals surface area contributed by atoms with Gasteiger partial charge in [0.2, 0.25) is 10.0 Å². The molecule has 0 aromatic heterocycles. The molecule has 1 aromatic rings. The van der Waals surface area contributed by atoms with Crippen LogP contribution in [-0.4, -0.2) is 47.0 Å². The summed E-state index contributed by atoms with van der Waals surface area (Å²) in [6.45, 7) is 1.79. The van der Waals surface area contributed by atoms with Crippen LogP contribution in [0.3, 0.4) is 0 Å². The summed E-state index contributed by atoms with van der Waals surface area (Å²) in [7, 11) is 1.09. The molecule has 1 N–H and O–H groups in total. The third-order valence-corrected chi connectivity index (χ3v) is 5.22. The van der Waals surface area contributed by atoms with Crippen molar-refractivity contribution in [3.05, 3.63) is 23.3 Å². The fourth-order valence-electron chi connectivity index (χ4n) is 2.24. The number of benzene rings is 1. The maximum Gasteiger partial charge on any atom is 0.246 e. The van der Waals surface area contributed by atoms with Gasteiger partial charge >= 0.3 is 0 Å². The van der Waals surface area contributed by atoms with Gasteiger partial charge in [0.05, 0.1) is 7.11 Å². The maximum absolute atomic E-state index is 12.3. The molecular weight excluding hydrogens is 264 g/mol. The Morgan fingerprint density at radius 3 is 2.26 bits per heavy atom. The van der Waals surface area contributed by atoms with Crippen LogP contribution in [0, 0.1) is 0 Å². The number of nitrogens with one attached hydrogen (secondary N) is 1. The molecule has 0 spiro atoms. The first-order chi connectivity index (χ1) is 8.96. The highest BCUT2D eigenvalue weighted by Crippen LogP contribution is 2.30.